The summed E-state index contributed by atoms with van der Waals surface area (Å²) in [6.07, 6.45) is 3.06. The molecule has 1 atom stereocenters. The second-order valence-electron chi connectivity index (χ2n) is 6.61. The maximum atomic E-state index is 12.2. The number of aliphatic imine (C=N–C) groups is 1. The highest BCUT2D eigenvalue weighted by atomic mass is 127. The molecule has 2 heterocycles. The van der Waals surface area contributed by atoms with Crippen molar-refractivity contribution >= 4 is 53.3 Å². The van der Waals surface area contributed by atoms with Gasteiger partial charge in [-0.1, -0.05) is 18.2 Å². The minimum Gasteiger partial charge on any atom is -0.355 e. The number of guanidine groups is 1. The van der Waals surface area contributed by atoms with E-state index in [0.29, 0.717) is 24.3 Å². The molecule has 0 aliphatic carbocycles. The highest BCUT2D eigenvalue weighted by Gasteiger charge is 2.29. The Kier molecular flexibility index (Phi) is 7.42. The van der Waals surface area contributed by atoms with Gasteiger partial charge in [0.2, 0.25) is 5.91 Å². The summed E-state index contributed by atoms with van der Waals surface area (Å²) in [5, 5.41) is 6.75. The Balaban J connectivity index is 0.00000225. The molecule has 0 bridgehead atoms. The Labute approximate surface area is 171 Å². The Hall–Kier alpha value is -0.960. The van der Waals surface area contributed by atoms with Crippen molar-refractivity contribution in [3.05, 3.63) is 29.8 Å². The molecule has 138 valence electrons. The van der Waals surface area contributed by atoms with Crippen LogP contribution in [0.1, 0.15) is 25.3 Å². The van der Waals surface area contributed by atoms with Gasteiger partial charge in [0.25, 0.3) is 0 Å². The Morgan fingerprint density at radius 1 is 1.36 bits per heavy atom. The van der Waals surface area contributed by atoms with Gasteiger partial charge in [0.05, 0.1) is 6.42 Å². The lowest BCUT2D eigenvalue weighted by atomic mass is 10.1. The number of rotatable bonds is 5. The normalized spacial score (nSPS) is 22.6. The number of fused-ring (bicyclic) bond motifs is 1. The largest absolute Gasteiger partial charge is 0.355 e. The van der Waals surface area contributed by atoms with Gasteiger partial charge in [0.15, 0.2) is 5.96 Å². The second kappa shape index (κ2) is 9.12. The Bertz CT molecular complexity index is 631. The molecule has 2 N–H and O–H groups in total. The van der Waals surface area contributed by atoms with Crippen molar-refractivity contribution in [3.8, 4) is 0 Å². The Morgan fingerprint density at radius 2 is 2.16 bits per heavy atom. The number of hydrogen-bond acceptors (Lipinski definition) is 3. The highest BCUT2D eigenvalue weighted by molar-refractivity contribution is 14.0. The zero-order valence-electron chi connectivity index (χ0n) is 14.9. The number of benzene rings is 1. The van der Waals surface area contributed by atoms with Crippen molar-refractivity contribution in [2.24, 2.45) is 4.99 Å². The average Bonchev–Trinajstić information content (AvgIpc) is 3.15. The molecular weight excluding hydrogens is 447 g/mol. The average molecular weight is 474 g/mol. The van der Waals surface area contributed by atoms with Gasteiger partial charge in [0, 0.05) is 37.1 Å². The molecule has 1 fully saturated rings. The third-order valence-corrected chi connectivity index (χ3v) is 6.25. The van der Waals surface area contributed by atoms with E-state index >= 15 is 0 Å². The molecule has 1 aromatic carbocycles. The van der Waals surface area contributed by atoms with Crippen LogP contribution in [0, 0.1) is 0 Å². The van der Waals surface area contributed by atoms with Crippen LogP contribution in [0.5, 0.6) is 0 Å². The van der Waals surface area contributed by atoms with Crippen molar-refractivity contribution in [2.45, 2.75) is 30.9 Å². The van der Waals surface area contributed by atoms with Crippen LogP contribution in [0.4, 0.5) is 5.69 Å². The second-order valence-corrected chi connectivity index (χ2v) is 8.29. The fraction of sp³-hybridized carbons (Fsp3) is 0.556. The zero-order valence-corrected chi connectivity index (χ0v) is 18.0. The molecule has 1 saturated heterocycles. The molecule has 0 spiro atoms. The molecule has 7 heteroatoms. The lowest BCUT2D eigenvalue weighted by molar-refractivity contribution is -0.117. The zero-order chi connectivity index (χ0) is 17.0. The van der Waals surface area contributed by atoms with Gasteiger partial charge >= 0.3 is 0 Å². The van der Waals surface area contributed by atoms with Crippen LogP contribution in [0.25, 0.3) is 0 Å². The van der Waals surface area contributed by atoms with E-state index in [9.17, 15) is 4.79 Å². The van der Waals surface area contributed by atoms with E-state index in [1.165, 1.54) is 18.6 Å². The van der Waals surface area contributed by atoms with E-state index in [4.69, 9.17) is 0 Å². The van der Waals surface area contributed by atoms with Crippen LogP contribution in [0.2, 0.25) is 0 Å². The lowest BCUT2D eigenvalue weighted by Gasteiger charge is -2.25. The number of carbonyl (C=O) groups excluding carboxylic acids is 1. The molecule has 5 nitrogen and oxygen atoms in total. The molecular formula is C18H27IN4OS. The van der Waals surface area contributed by atoms with Crippen LogP contribution in [-0.2, 0) is 11.2 Å². The summed E-state index contributed by atoms with van der Waals surface area (Å²) in [6, 6.07) is 8.02. The van der Waals surface area contributed by atoms with Gasteiger partial charge in [-0.3, -0.25) is 9.79 Å². The topological polar surface area (TPSA) is 56.7 Å². The summed E-state index contributed by atoms with van der Waals surface area (Å²) in [5.41, 5.74) is 2.17. The molecule has 2 aliphatic heterocycles. The van der Waals surface area contributed by atoms with Gasteiger partial charge in [-0.25, -0.2) is 0 Å². The molecule has 1 amide bonds. The summed E-state index contributed by atoms with van der Waals surface area (Å²) in [5.74, 6) is 2.24. The van der Waals surface area contributed by atoms with Crippen molar-refractivity contribution in [2.75, 3.05) is 37.3 Å². The molecule has 1 aromatic rings. The van der Waals surface area contributed by atoms with Gasteiger partial charge in [-0.05, 0) is 37.1 Å². The fourth-order valence-corrected chi connectivity index (χ4v) is 4.56. The summed E-state index contributed by atoms with van der Waals surface area (Å²) in [7, 11) is 1.79. The number of halogens is 1. The molecule has 2 aliphatic rings. The van der Waals surface area contributed by atoms with Crippen LogP contribution in [0.15, 0.2) is 29.3 Å². The molecule has 3 rings (SSSR count). The minimum atomic E-state index is 0. The number of hydrogen-bond donors (Lipinski definition) is 2. The highest BCUT2D eigenvalue weighted by Crippen LogP contribution is 2.36. The number of amides is 1. The van der Waals surface area contributed by atoms with Crippen molar-refractivity contribution in [3.63, 3.8) is 0 Å². The number of nitrogens with one attached hydrogen (secondary N) is 2. The fourth-order valence-electron chi connectivity index (χ4n) is 3.32. The van der Waals surface area contributed by atoms with E-state index in [2.05, 4.69) is 22.5 Å². The summed E-state index contributed by atoms with van der Waals surface area (Å²) in [6.45, 7) is 4.57. The Morgan fingerprint density at radius 3 is 2.88 bits per heavy atom. The standard InChI is InChI=1S/C18H26N4OS.HI/c1-18(8-5-11-24-18)13-21-17(19-2)20-9-10-22-15-7-4-3-6-14(15)12-16(22)23;/h3-4,6-7H,5,8-13H2,1-2H3,(H2,19,20,21);1H. The van der Waals surface area contributed by atoms with Gasteiger partial charge in [-0.15, -0.1) is 24.0 Å². The van der Waals surface area contributed by atoms with Crippen molar-refractivity contribution in [1.82, 2.24) is 10.6 Å². The number of para-hydroxylation sites is 1. The van der Waals surface area contributed by atoms with E-state index in [-0.39, 0.29) is 29.9 Å². The first-order valence-corrected chi connectivity index (χ1v) is 9.57. The van der Waals surface area contributed by atoms with E-state index in [1.54, 1.807) is 7.05 Å². The maximum absolute atomic E-state index is 12.2. The molecule has 0 radical (unpaired) electrons. The molecule has 0 saturated carbocycles. The van der Waals surface area contributed by atoms with Gasteiger partial charge < -0.3 is 15.5 Å². The monoisotopic (exact) mass is 474 g/mol. The van der Waals surface area contributed by atoms with E-state index < -0.39 is 0 Å². The first-order chi connectivity index (χ1) is 11.6. The number of nitrogens with zero attached hydrogens (tertiary/aromatic N) is 2. The van der Waals surface area contributed by atoms with Crippen molar-refractivity contribution < 1.29 is 4.79 Å². The van der Waals surface area contributed by atoms with Crippen LogP contribution >= 0.6 is 35.7 Å². The molecule has 1 unspecified atom stereocenters. The molecule has 0 aromatic heterocycles. The quantitative estimate of drug-likeness (QED) is 0.392. The summed E-state index contributed by atoms with van der Waals surface area (Å²) >= 11 is 2.04. The van der Waals surface area contributed by atoms with Gasteiger partial charge in [-0.2, -0.15) is 11.8 Å². The van der Waals surface area contributed by atoms with Crippen LogP contribution in [0.3, 0.4) is 0 Å². The molecule has 25 heavy (non-hydrogen) atoms. The number of thioether (sulfide) groups is 1. The smallest absolute Gasteiger partial charge is 0.231 e. The van der Waals surface area contributed by atoms with Crippen molar-refractivity contribution in [1.29, 1.82) is 0 Å². The number of carbonyl (C=O) groups is 1. The predicted molar refractivity (Wildman–Crippen MR) is 117 cm³/mol. The first kappa shape index (κ1) is 20.4. The van der Waals surface area contributed by atoms with E-state index in [0.717, 1.165) is 23.8 Å². The third-order valence-electron chi connectivity index (χ3n) is 4.71. The predicted octanol–water partition coefficient (Wildman–Crippen LogP) is 2.64. The van der Waals surface area contributed by atoms with Crippen LogP contribution < -0.4 is 15.5 Å². The van der Waals surface area contributed by atoms with Crippen LogP contribution in [-0.4, -0.2) is 49.0 Å². The third kappa shape index (κ3) is 5.03. The minimum absolute atomic E-state index is 0. The first-order valence-electron chi connectivity index (χ1n) is 8.58. The van der Waals surface area contributed by atoms with Gasteiger partial charge in [0.1, 0.15) is 0 Å². The lowest BCUT2D eigenvalue weighted by Crippen LogP contribution is -2.46. The number of anilines is 1. The maximum Gasteiger partial charge on any atom is 0.231 e. The van der Waals surface area contributed by atoms with E-state index in [1.807, 2.05) is 40.9 Å². The SMILES string of the molecule is CN=C(NCCN1C(=O)Cc2ccccc21)NCC1(C)CCCS1.I. The summed E-state index contributed by atoms with van der Waals surface area (Å²) < 4.78 is 0.307. The summed E-state index contributed by atoms with van der Waals surface area (Å²) in [4.78, 5) is 18.3.